The smallest absolute Gasteiger partial charge is 0.407 e. The average molecular weight is 242 g/mol. The van der Waals surface area contributed by atoms with Crippen molar-refractivity contribution in [1.29, 1.82) is 0 Å². The second-order valence-electron chi connectivity index (χ2n) is 7.20. The number of ether oxygens (including phenoxy) is 1. The molecule has 1 aliphatic rings. The number of alkyl carbamates (subject to hydrolysis) is 1. The zero-order valence-electron chi connectivity index (χ0n) is 12.0. The van der Waals surface area contributed by atoms with Crippen molar-refractivity contribution in [1.82, 2.24) is 5.32 Å². The predicted octanol–water partition coefficient (Wildman–Crippen LogP) is 2.27. The highest BCUT2D eigenvalue weighted by Gasteiger charge is 2.60. The van der Waals surface area contributed by atoms with E-state index >= 15 is 0 Å². The molecular formula is C13H26N2O2. The molecule has 0 saturated heterocycles. The van der Waals surface area contributed by atoms with Crippen LogP contribution in [0.3, 0.4) is 0 Å². The fourth-order valence-corrected chi connectivity index (χ4v) is 2.98. The van der Waals surface area contributed by atoms with E-state index in [-0.39, 0.29) is 29.0 Å². The fraction of sp³-hybridized carbons (Fsp3) is 0.923. The topological polar surface area (TPSA) is 64.3 Å². The van der Waals surface area contributed by atoms with Crippen LogP contribution in [-0.4, -0.2) is 23.8 Å². The van der Waals surface area contributed by atoms with Crippen LogP contribution in [0.2, 0.25) is 0 Å². The Morgan fingerprint density at radius 1 is 1.18 bits per heavy atom. The monoisotopic (exact) mass is 242 g/mol. The first kappa shape index (κ1) is 14.3. The summed E-state index contributed by atoms with van der Waals surface area (Å²) in [5.74, 6) is 0. The van der Waals surface area contributed by atoms with Gasteiger partial charge in [0.1, 0.15) is 5.60 Å². The second-order valence-corrected chi connectivity index (χ2v) is 7.20. The Morgan fingerprint density at radius 2 is 1.59 bits per heavy atom. The van der Waals surface area contributed by atoms with Gasteiger partial charge < -0.3 is 15.8 Å². The minimum absolute atomic E-state index is 0.0415. The lowest BCUT2D eigenvalue weighted by atomic mass is 9.48. The summed E-state index contributed by atoms with van der Waals surface area (Å²) in [6.07, 6.45) is -0.365. The summed E-state index contributed by atoms with van der Waals surface area (Å²) in [6.45, 7) is 13.9. The van der Waals surface area contributed by atoms with Crippen LogP contribution in [0.4, 0.5) is 4.79 Å². The molecular weight excluding hydrogens is 216 g/mol. The molecule has 0 unspecified atom stereocenters. The average Bonchev–Trinajstić information content (AvgIpc) is 2.09. The van der Waals surface area contributed by atoms with Crippen LogP contribution in [0.1, 0.15) is 48.5 Å². The van der Waals surface area contributed by atoms with Crippen molar-refractivity contribution >= 4 is 6.09 Å². The molecule has 4 nitrogen and oxygen atoms in total. The summed E-state index contributed by atoms with van der Waals surface area (Å²) in [7, 11) is 0. The minimum Gasteiger partial charge on any atom is -0.444 e. The van der Waals surface area contributed by atoms with E-state index in [1.165, 1.54) is 0 Å². The van der Waals surface area contributed by atoms with E-state index in [4.69, 9.17) is 10.5 Å². The third-order valence-electron chi connectivity index (χ3n) is 3.75. The van der Waals surface area contributed by atoms with Crippen molar-refractivity contribution in [3.63, 3.8) is 0 Å². The van der Waals surface area contributed by atoms with E-state index in [2.05, 4.69) is 33.0 Å². The highest BCUT2D eigenvalue weighted by Crippen LogP contribution is 2.52. The summed E-state index contributed by atoms with van der Waals surface area (Å²) in [5.41, 5.74) is 5.47. The molecule has 17 heavy (non-hydrogen) atoms. The molecule has 1 aliphatic carbocycles. The van der Waals surface area contributed by atoms with Gasteiger partial charge in [-0.05, 0) is 20.8 Å². The number of rotatable bonds is 1. The maximum Gasteiger partial charge on any atom is 0.407 e. The molecule has 0 radical (unpaired) electrons. The molecule has 0 heterocycles. The van der Waals surface area contributed by atoms with E-state index in [9.17, 15) is 4.79 Å². The predicted molar refractivity (Wildman–Crippen MR) is 68.7 cm³/mol. The molecule has 1 saturated carbocycles. The summed E-state index contributed by atoms with van der Waals surface area (Å²) in [5, 5.41) is 2.94. The van der Waals surface area contributed by atoms with Gasteiger partial charge in [0.2, 0.25) is 0 Å². The van der Waals surface area contributed by atoms with Crippen LogP contribution in [0.5, 0.6) is 0 Å². The van der Waals surface area contributed by atoms with Crippen molar-refractivity contribution in [2.75, 3.05) is 0 Å². The molecule has 3 N–H and O–H groups in total. The van der Waals surface area contributed by atoms with Crippen molar-refractivity contribution < 1.29 is 9.53 Å². The number of carbonyl (C=O) groups excluding carboxylic acids is 1. The van der Waals surface area contributed by atoms with Crippen molar-refractivity contribution in [3.05, 3.63) is 0 Å². The molecule has 0 aromatic heterocycles. The Labute approximate surface area is 104 Å². The Balaban J connectivity index is 2.67. The van der Waals surface area contributed by atoms with Crippen LogP contribution >= 0.6 is 0 Å². The fourth-order valence-electron chi connectivity index (χ4n) is 2.98. The number of amides is 1. The molecule has 0 atom stereocenters. The lowest BCUT2D eigenvalue weighted by molar-refractivity contribution is -0.0729. The van der Waals surface area contributed by atoms with Crippen LogP contribution in [-0.2, 0) is 4.74 Å². The first-order valence-electron chi connectivity index (χ1n) is 6.14. The van der Waals surface area contributed by atoms with Gasteiger partial charge in [-0.3, -0.25) is 0 Å². The van der Waals surface area contributed by atoms with E-state index < -0.39 is 5.60 Å². The Hall–Kier alpha value is -0.770. The Bertz CT molecular complexity index is 300. The van der Waals surface area contributed by atoms with Crippen LogP contribution in [0.15, 0.2) is 0 Å². The summed E-state index contributed by atoms with van der Waals surface area (Å²) >= 11 is 0. The van der Waals surface area contributed by atoms with Gasteiger partial charge in [-0.15, -0.1) is 0 Å². The number of hydrogen-bond acceptors (Lipinski definition) is 3. The lowest BCUT2D eigenvalue weighted by Crippen LogP contribution is -2.76. The van der Waals surface area contributed by atoms with Gasteiger partial charge in [0.05, 0.1) is 0 Å². The van der Waals surface area contributed by atoms with E-state index in [1.807, 2.05) is 20.8 Å². The van der Waals surface area contributed by atoms with Gasteiger partial charge in [-0.1, -0.05) is 27.7 Å². The largest absolute Gasteiger partial charge is 0.444 e. The molecule has 4 heteroatoms. The van der Waals surface area contributed by atoms with Crippen LogP contribution < -0.4 is 11.1 Å². The van der Waals surface area contributed by atoms with Gasteiger partial charge in [0, 0.05) is 22.9 Å². The SMILES string of the molecule is CC(C)(C)OC(=O)NC1C(C)(C)C(N)C1(C)C. The van der Waals surface area contributed by atoms with Crippen molar-refractivity contribution in [2.24, 2.45) is 16.6 Å². The lowest BCUT2D eigenvalue weighted by Gasteiger charge is -2.62. The molecule has 0 spiro atoms. The Morgan fingerprint density at radius 3 is 1.94 bits per heavy atom. The molecule has 0 aliphatic heterocycles. The molecule has 100 valence electrons. The minimum atomic E-state index is -0.468. The zero-order valence-corrected chi connectivity index (χ0v) is 12.0. The molecule has 1 amide bonds. The van der Waals surface area contributed by atoms with Crippen LogP contribution in [0, 0.1) is 10.8 Å². The number of hydrogen-bond donors (Lipinski definition) is 2. The van der Waals surface area contributed by atoms with Gasteiger partial charge in [0.25, 0.3) is 0 Å². The summed E-state index contributed by atoms with van der Waals surface area (Å²) in [4.78, 5) is 11.8. The quantitative estimate of drug-likeness (QED) is 0.741. The first-order chi connectivity index (χ1) is 7.39. The van der Waals surface area contributed by atoms with Gasteiger partial charge in [-0.25, -0.2) is 4.79 Å². The van der Waals surface area contributed by atoms with Gasteiger partial charge in [0.15, 0.2) is 0 Å². The van der Waals surface area contributed by atoms with Gasteiger partial charge >= 0.3 is 6.09 Å². The molecule has 0 aromatic rings. The first-order valence-corrected chi connectivity index (χ1v) is 6.14. The zero-order chi connectivity index (χ0) is 13.6. The normalized spacial score (nSPS) is 30.4. The van der Waals surface area contributed by atoms with Crippen LogP contribution in [0.25, 0.3) is 0 Å². The molecule has 0 aromatic carbocycles. The third-order valence-corrected chi connectivity index (χ3v) is 3.75. The van der Waals surface area contributed by atoms with E-state index in [1.54, 1.807) is 0 Å². The molecule has 1 rings (SSSR count). The Kier molecular flexibility index (Phi) is 3.25. The van der Waals surface area contributed by atoms with Crippen molar-refractivity contribution in [2.45, 2.75) is 66.2 Å². The van der Waals surface area contributed by atoms with Gasteiger partial charge in [-0.2, -0.15) is 0 Å². The van der Waals surface area contributed by atoms with Crippen molar-refractivity contribution in [3.8, 4) is 0 Å². The second kappa shape index (κ2) is 3.87. The standard InChI is InChI=1S/C13H26N2O2/c1-11(2,3)17-10(16)15-9-12(4,5)8(14)13(9,6)7/h8-9H,14H2,1-7H3,(H,15,16). The maximum atomic E-state index is 11.8. The van der Waals surface area contributed by atoms with E-state index in [0.29, 0.717) is 0 Å². The maximum absolute atomic E-state index is 11.8. The highest BCUT2D eigenvalue weighted by atomic mass is 16.6. The summed E-state index contributed by atoms with van der Waals surface area (Å²) in [6, 6.07) is 0.120. The highest BCUT2D eigenvalue weighted by molar-refractivity contribution is 5.68. The van der Waals surface area contributed by atoms with E-state index in [0.717, 1.165) is 0 Å². The molecule has 1 fully saturated rings. The number of nitrogens with one attached hydrogen (secondary N) is 1. The third kappa shape index (κ3) is 2.57. The molecule has 0 bridgehead atoms. The number of carbonyl (C=O) groups is 1. The number of nitrogens with two attached hydrogens (primary N) is 1. The summed E-state index contributed by atoms with van der Waals surface area (Å²) < 4.78 is 5.28.